The zero-order valence-electron chi connectivity index (χ0n) is 7.56. The van der Waals surface area contributed by atoms with Crippen molar-refractivity contribution in [2.75, 3.05) is 0 Å². The number of benzene rings is 1. The third kappa shape index (κ3) is 1.54. The van der Waals surface area contributed by atoms with Crippen LogP contribution in [0.15, 0.2) is 29.1 Å². The molecule has 0 saturated heterocycles. The first-order valence-corrected chi connectivity index (χ1v) is 4.21. The van der Waals surface area contributed by atoms with Crippen LogP contribution in [0.25, 0.3) is 11.0 Å². The van der Waals surface area contributed by atoms with Gasteiger partial charge in [0.05, 0.1) is 11.0 Å². The maximum Gasteiger partial charge on any atom is 0.278 e. The van der Waals surface area contributed by atoms with Crippen molar-refractivity contribution < 1.29 is 9.59 Å². The van der Waals surface area contributed by atoms with Crippen molar-refractivity contribution in [2.24, 2.45) is 0 Å². The fourth-order valence-electron chi connectivity index (χ4n) is 1.25. The molecule has 0 fully saturated rings. The first-order valence-electron chi connectivity index (χ1n) is 4.21. The number of carbonyl (C=O) groups excluding carboxylic acids is 2. The third-order valence-corrected chi connectivity index (χ3v) is 1.94. The molecule has 1 aromatic carbocycles. The quantitative estimate of drug-likeness (QED) is 0.431. The second-order valence-electron chi connectivity index (χ2n) is 2.91. The average Bonchev–Trinajstić information content (AvgIpc) is 2.27. The van der Waals surface area contributed by atoms with Crippen molar-refractivity contribution in [1.82, 2.24) is 9.97 Å². The molecule has 5 nitrogen and oxygen atoms in total. The molecule has 1 N–H and O–H groups in total. The van der Waals surface area contributed by atoms with Crippen LogP contribution in [0.5, 0.6) is 0 Å². The number of aldehydes is 1. The Bertz CT molecular complexity index is 601. The van der Waals surface area contributed by atoms with Crippen LogP contribution in [0.2, 0.25) is 0 Å². The Morgan fingerprint density at radius 3 is 2.80 bits per heavy atom. The predicted molar refractivity (Wildman–Crippen MR) is 52.8 cm³/mol. The van der Waals surface area contributed by atoms with Crippen LogP contribution in [0, 0.1) is 0 Å². The maximum atomic E-state index is 11.3. The Labute approximate surface area is 83.8 Å². The number of hydrogen-bond acceptors (Lipinski definition) is 4. The minimum atomic E-state index is -0.915. The molecule has 0 spiro atoms. The molecule has 0 aliphatic heterocycles. The number of H-pyrrole nitrogens is 1. The van der Waals surface area contributed by atoms with E-state index in [1.165, 1.54) is 0 Å². The monoisotopic (exact) mass is 202 g/mol. The molecule has 0 atom stereocenters. The van der Waals surface area contributed by atoms with Gasteiger partial charge in [-0.2, -0.15) is 0 Å². The number of aromatic nitrogens is 2. The van der Waals surface area contributed by atoms with E-state index in [0.717, 1.165) is 0 Å². The summed E-state index contributed by atoms with van der Waals surface area (Å²) >= 11 is 0. The molecule has 0 bridgehead atoms. The van der Waals surface area contributed by atoms with Crippen molar-refractivity contribution in [3.8, 4) is 0 Å². The Morgan fingerprint density at radius 2 is 2.07 bits per heavy atom. The van der Waals surface area contributed by atoms with Crippen LogP contribution in [-0.4, -0.2) is 22.0 Å². The molecule has 2 rings (SSSR count). The highest BCUT2D eigenvalue weighted by atomic mass is 16.2. The molecule has 0 saturated carbocycles. The van der Waals surface area contributed by atoms with Crippen LogP contribution < -0.4 is 5.56 Å². The summed E-state index contributed by atoms with van der Waals surface area (Å²) in [6.45, 7) is 0. The number of Topliss-reactive ketones (excluding diaryl/α,β-unsaturated/α-hetero) is 1. The van der Waals surface area contributed by atoms with E-state index in [1.54, 1.807) is 24.3 Å². The fraction of sp³-hybridized carbons (Fsp3) is 0. The Balaban J connectivity index is 2.78. The first kappa shape index (κ1) is 9.26. The molecule has 5 heteroatoms. The maximum absolute atomic E-state index is 11.3. The van der Waals surface area contributed by atoms with Crippen molar-refractivity contribution in [3.05, 3.63) is 40.3 Å². The van der Waals surface area contributed by atoms with Crippen LogP contribution in [0.3, 0.4) is 0 Å². The standard InChI is InChI=1S/C10H6N2O3/c13-5-8(14)9-10(15)12-7-4-2-1-3-6(7)11-9/h1-5H,(H,12,15). The highest BCUT2D eigenvalue weighted by molar-refractivity contribution is 6.32. The summed E-state index contributed by atoms with van der Waals surface area (Å²) in [6, 6.07) is 6.77. The summed E-state index contributed by atoms with van der Waals surface area (Å²) < 4.78 is 0. The van der Waals surface area contributed by atoms with Gasteiger partial charge < -0.3 is 4.98 Å². The van der Waals surface area contributed by atoms with Gasteiger partial charge in [0.15, 0.2) is 12.0 Å². The van der Waals surface area contributed by atoms with Crippen molar-refractivity contribution >= 4 is 23.1 Å². The SMILES string of the molecule is O=CC(=O)c1nc2ccccc2[nH]c1=O. The highest BCUT2D eigenvalue weighted by Gasteiger charge is 2.11. The largest absolute Gasteiger partial charge is 0.319 e. The number of rotatable bonds is 2. The fourth-order valence-corrected chi connectivity index (χ4v) is 1.25. The molecule has 74 valence electrons. The molecule has 1 heterocycles. The second kappa shape index (κ2) is 3.45. The normalized spacial score (nSPS) is 10.1. The second-order valence-corrected chi connectivity index (χ2v) is 2.91. The molecular formula is C10H6N2O3. The van der Waals surface area contributed by atoms with Crippen molar-refractivity contribution in [2.45, 2.75) is 0 Å². The number of fused-ring (bicyclic) bond motifs is 1. The van der Waals surface area contributed by atoms with Gasteiger partial charge in [-0.25, -0.2) is 4.98 Å². The number of nitrogens with one attached hydrogen (secondary N) is 1. The summed E-state index contributed by atoms with van der Waals surface area (Å²) in [6.07, 6.45) is 0.0757. The molecule has 15 heavy (non-hydrogen) atoms. The van der Waals surface area contributed by atoms with Gasteiger partial charge in [-0.1, -0.05) is 12.1 Å². The van der Waals surface area contributed by atoms with Crippen LogP contribution >= 0.6 is 0 Å². The Hall–Kier alpha value is -2.30. The van der Waals surface area contributed by atoms with E-state index >= 15 is 0 Å². The topological polar surface area (TPSA) is 79.9 Å². The smallest absolute Gasteiger partial charge is 0.278 e. The van der Waals surface area contributed by atoms with E-state index in [2.05, 4.69) is 9.97 Å². The molecule has 0 aliphatic rings. The molecule has 0 unspecified atom stereocenters. The van der Waals surface area contributed by atoms with E-state index in [-0.39, 0.29) is 12.0 Å². The highest BCUT2D eigenvalue weighted by Crippen LogP contribution is 2.05. The van der Waals surface area contributed by atoms with Gasteiger partial charge in [0.1, 0.15) is 0 Å². The number of ketones is 1. The van der Waals surface area contributed by atoms with Crippen LogP contribution in [0.4, 0.5) is 0 Å². The summed E-state index contributed by atoms with van der Waals surface area (Å²) in [5.41, 5.74) is -0.0123. The predicted octanol–water partition coefficient (Wildman–Crippen LogP) is 0.305. The van der Waals surface area contributed by atoms with Gasteiger partial charge in [0.2, 0.25) is 5.78 Å². The van der Waals surface area contributed by atoms with Gasteiger partial charge in [-0.3, -0.25) is 14.4 Å². The lowest BCUT2D eigenvalue weighted by Gasteiger charge is -1.97. The number of para-hydroxylation sites is 2. The molecule has 0 amide bonds. The van der Waals surface area contributed by atoms with Gasteiger partial charge in [-0.15, -0.1) is 0 Å². The lowest BCUT2D eigenvalue weighted by Crippen LogP contribution is -2.20. The van der Waals surface area contributed by atoms with Crippen LogP contribution in [-0.2, 0) is 4.79 Å². The Kier molecular flexibility index (Phi) is 2.13. The Morgan fingerprint density at radius 1 is 1.33 bits per heavy atom. The lowest BCUT2D eigenvalue weighted by molar-refractivity contribution is -0.104. The molecule has 1 aromatic heterocycles. The summed E-state index contributed by atoms with van der Waals surface area (Å²) in [7, 11) is 0. The third-order valence-electron chi connectivity index (χ3n) is 1.94. The first-order chi connectivity index (χ1) is 7.22. The minimum Gasteiger partial charge on any atom is -0.319 e. The van der Waals surface area contributed by atoms with Crippen molar-refractivity contribution in [1.29, 1.82) is 0 Å². The van der Waals surface area contributed by atoms with Gasteiger partial charge >= 0.3 is 0 Å². The number of aromatic amines is 1. The lowest BCUT2D eigenvalue weighted by atomic mass is 10.2. The zero-order chi connectivity index (χ0) is 10.8. The number of hydrogen-bond donors (Lipinski definition) is 1. The van der Waals surface area contributed by atoms with Gasteiger partial charge in [-0.05, 0) is 12.1 Å². The van der Waals surface area contributed by atoms with Crippen molar-refractivity contribution in [3.63, 3.8) is 0 Å². The molecule has 2 aromatic rings. The minimum absolute atomic E-state index is 0.0757. The van der Waals surface area contributed by atoms with E-state index in [4.69, 9.17) is 0 Å². The molecule has 0 radical (unpaired) electrons. The average molecular weight is 202 g/mol. The van der Waals surface area contributed by atoms with E-state index < -0.39 is 11.3 Å². The van der Waals surface area contributed by atoms with E-state index in [0.29, 0.717) is 11.0 Å². The van der Waals surface area contributed by atoms with Crippen LogP contribution in [0.1, 0.15) is 10.5 Å². The number of carbonyl (C=O) groups is 2. The molecular weight excluding hydrogens is 196 g/mol. The zero-order valence-corrected chi connectivity index (χ0v) is 7.56. The summed E-state index contributed by atoms with van der Waals surface area (Å²) in [5, 5.41) is 0. The van der Waals surface area contributed by atoms with E-state index in [9.17, 15) is 14.4 Å². The molecule has 0 aliphatic carbocycles. The summed E-state index contributed by atoms with van der Waals surface area (Å²) in [5.74, 6) is -0.915. The number of nitrogens with zero attached hydrogens (tertiary/aromatic N) is 1. The van der Waals surface area contributed by atoms with E-state index in [1.807, 2.05) is 0 Å². The summed E-state index contributed by atoms with van der Waals surface area (Å²) in [4.78, 5) is 38.9. The van der Waals surface area contributed by atoms with Gasteiger partial charge in [0, 0.05) is 0 Å². The van der Waals surface area contributed by atoms with Gasteiger partial charge in [0.25, 0.3) is 5.56 Å².